The Balaban J connectivity index is 1.20. The van der Waals surface area contributed by atoms with Crippen LogP contribution in [0.4, 0.5) is 8.78 Å². The first-order valence-electron chi connectivity index (χ1n) is 11.1. The Morgan fingerprint density at radius 1 is 1.00 bits per heavy atom. The molecule has 2 aromatic rings. The van der Waals surface area contributed by atoms with Gasteiger partial charge in [-0.2, -0.15) is 0 Å². The molecule has 34 heavy (non-hydrogen) atoms. The van der Waals surface area contributed by atoms with E-state index in [1.165, 1.54) is 24.3 Å². The first kappa shape index (κ1) is 25.0. The summed E-state index contributed by atoms with van der Waals surface area (Å²) in [5.41, 5.74) is -0.292. The Labute approximate surface area is 206 Å². The van der Waals surface area contributed by atoms with Gasteiger partial charge in [-0.05, 0) is 49.9 Å². The molecular weight excluding hydrogens is 489 g/mol. The second-order valence-electron chi connectivity index (χ2n) is 8.94. The van der Waals surface area contributed by atoms with Crippen LogP contribution >= 0.6 is 23.2 Å². The van der Waals surface area contributed by atoms with Crippen molar-refractivity contribution in [2.24, 2.45) is 0 Å². The minimum atomic E-state index is -0.601. The molecule has 0 atom stereocenters. The van der Waals surface area contributed by atoms with E-state index >= 15 is 0 Å². The van der Waals surface area contributed by atoms with Gasteiger partial charge in [-0.3, -0.25) is 9.69 Å². The summed E-state index contributed by atoms with van der Waals surface area (Å²) in [5, 5.41) is 12.6. The van der Waals surface area contributed by atoms with E-state index in [2.05, 4.69) is 10.2 Å². The third-order valence-corrected chi connectivity index (χ3v) is 7.05. The lowest BCUT2D eigenvalue weighted by Crippen LogP contribution is -2.84. The maximum atomic E-state index is 13.5. The quantitative estimate of drug-likeness (QED) is 0.415. The topological polar surface area (TPSA) is 71.0 Å². The van der Waals surface area contributed by atoms with Crippen molar-refractivity contribution in [3.63, 3.8) is 0 Å². The van der Waals surface area contributed by atoms with E-state index in [9.17, 15) is 18.7 Å². The number of nitrogens with zero attached hydrogens (tertiary/aromatic N) is 1. The third-order valence-electron chi connectivity index (χ3n) is 6.44. The molecule has 0 aromatic heterocycles. The number of hydrogen-bond acceptors (Lipinski definition) is 5. The second kappa shape index (κ2) is 10.2. The number of ether oxygens (including phenoxy) is 2. The number of hydrogen-bond donors (Lipinski definition) is 2. The van der Waals surface area contributed by atoms with Gasteiger partial charge in [-0.25, -0.2) is 8.78 Å². The summed E-state index contributed by atoms with van der Waals surface area (Å²) in [7, 11) is 0. The van der Waals surface area contributed by atoms with Crippen LogP contribution in [0.1, 0.15) is 25.7 Å². The van der Waals surface area contributed by atoms with Crippen LogP contribution in [0.5, 0.6) is 11.5 Å². The molecule has 2 aromatic carbocycles. The lowest BCUT2D eigenvalue weighted by molar-refractivity contribution is -0.186. The lowest BCUT2D eigenvalue weighted by Gasteiger charge is -2.74. The van der Waals surface area contributed by atoms with Crippen molar-refractivity contribution in [2.45, 2.75) is 36.8 Å². The summed E-state index contributed by atoms with van der Waals surface area (Å²) >= 11 is 11.3. The predicted molar refractivity (Wildman–Crippen MR) is 125 cm³/mol. The first-order valence-corrected chi connectivity index (χ1v) is 11.8. The number of β-amino-alcohol motifs (C(OH)–C–C–N with tert-alkyl or cyclic N) is 1. The van der Waals surface area contributed by atoms with Gasteiger partial charge in [0.15, 0.2) is 6.61 Å². The van der Waals surface area contributed by atoms with Gasteiger partial charge in [-0.15, -0.1) is 0 Å². The van der Waals surface area contributed by atoms with Gasteiger partial charge in [0.05, 0.1) is 23.3 Å². The van der Waals surface area contributed by atoms with E-state index in [0.717, 1.165) is 25.3 Å². The van der Waals surface area contributed by atoms with Gasteiger partial charge < -0.3 is 19.9 Å². The highest BCUT2D eigenvalue weighted by molar-refractivity contribution is 6.31. The van der Waals surface area contributed by atoms with Gasteiger partial charge in [0.1, 0.15) is 23.1 Å². The Bertz CT molecular complexity index is 1040. The molecule has 3 aliphatic carbocycles. The van der Waals surface area contributed by atoms with Crippen molar-refractivity contribution in [3.8, 4) is 11.5 Å². The molecule has 10 heteroatoms. The maximum absolute atomic E-state index is 13.5. The summed E-state index contributed by atoms with van der Waals surface area (Å²) in [4.78, 5) is 14.6. The SMILES string of the molecule is O=C(COc1ccc(Cl)c(F)c1)NC12CC(N(CCO)CCCOc3ccc(Cl)c(F)c3)(C1)C2. The number of carbonyl (C=O) groups is 1. The third kappa shape index (κ3) is 5.40. The molecule has 5 rings (SSSR count). The number of carbonyl (C=O) groups excluding carboxylic acids is 1. The zero-order chi connectivity index (χ0) is 24.3. The summed E-state index contributed by atoms with van der Waals surface area (Å²) in [6.07, 6.45) is 3.09. The standard InChI is InChI=1S/C24H26Cl2F2N2O4/c25-18-4-2-16(10-20(18)27)33-9-1-6-30(7-8-31)24-13-23(14-24,15-24)29-22(32)12-34-17-3-5-19(26)21(28)11-17/h2-5,10-11,31H,1,6-9,12-15H2,(H,29,32). The Morgan fingerprint density at radius 3 is 2.15 bits per heavy atom. The average molecular weight is 515 g/mol. The number of rotatable bonds is 12. The molecule has 0 spiro atoms. The number of amides is 1. The number of nitrogens with one attached hydrogen (secondary N) is 1. The van der Waals surface area contributed by atoms with Crippen LogP contribution in [0.25, 0.3) is 0 Å². The van der Waals surface area contributed by atoms with Crippen molar-refractivity contribution in [1.82, 2.24) is 10.2 Å². The number of aliphatic hydroxyl groups excluding tert-OH is 1. The second-order valence-corrected chi connectivity index (χ2v) is 9.75. The maximum Gasteiger partial charge on any atom is 0.258 e. The van der Waals surface area contributed by atoms with Crippen LogP contribution in [0.15, 0.2) is 36.4 Å². The minimum absolute atomic E-state index is 0.00570. The number of benzene rings is 2. The smallest absolute Gasteiger partial charge is 0.258 e. The highest BCUT2D eigenvalue weighted by atomic mass is 35.5. The highest BCUT2D eigenvalue weighted by Crippen LogP contribution is 2.63. The fraction of sp³-hybridized carbons (Fsp3) is 0.458. The van der Waals surface area contributed by atoms with Crippen molar-refractivity contribution in [2.75, 3.05) is 32.9 Å². The number of halogens is 4. The Morgan fingerprint density at radius 2 is 1.59 bits per heavy atom. The molecule has 0 radical (unpaired) electrons. The van der Waals surface area contributed by atoms with E-state index in [0.29, 0.717) is 31.9 Å². The van der Waals surface area contributed by atoms with Crippen molar-refractivity contribution in [3.05, 3.63) is 58.1 Å². The first-order chi connectivity index (χ1) is 16.2. The fourth-order valence-electron chi connectivity index (χ4n) is 4.97. The lowest BCUT2D eigenvalue weighted by atomic mass is 9.43. The molecule has 1 amide bonds. The summed E-state index contributed by atoms with van der Waals surface area (Å²) < 4.78 is 38.0. The van der Waals surface area contributed by atoms with E-state index in [1.54, 1.807) is 6.07 Å². The van der Waals surface area contributed by atoms with Crippen molar-refractivity contribution >= 4 is 29.1 Å². The van der Waals surface area contributed by atoms with E-state index < -0.39 is 11.6 Å². The molecule has 0 aliphatic heterocycles. The van der Waals surface area contributed by atoms with E-state index in [1.807, 2.05) is 0 Å². The molecule has 184 valence electrons. The summed E-state index contributed by atoms with van der Waals surface area (Å²) in [6, 6.07) is 8.37. The van der Waals surface area contributed by atoms with Crippen LogP contribution < -0.4 is 14.8 Å². The normalized spacial score (nSPS) is 22.6. The van der Waals surface area contributed by atoms with Crippen LogP contribution in [-0.2, 0) is 4.79 Å². The van der Waals surface area contributed by atoms with E-state index in [-0.39, 0.29) is 46.0 Å². The predicted octanol–water partition coefficient (Wildman–Crippen LogP) is 4.21. The largest absolute Gasteiger partial charge is 0.493 e. The van der Waals surface area contributed by atoms with Gasteiger partial charge in [-0.1, -0.05) is 23.2 Å². The molecule has 3 aliphatic rings. The number of aliphatic hydroxyl groups is 1. The molecule has 2 bridgehead atoms. The van der Waals surface area contributed by atoms with Crippen molar-refractivity contribution < 1.29 is 28.2 Å². The van der Waals surface area contributed by atoms with Gasteiger partial charge in [0.2, 0.25) is 0 Å². The molecule has 0 saturated heterocycles. The molecule has 6 nitrogen and oxygen atoms in total. The zero-order valence-corrected chi connectivity index (χ0v) is 20.0. The van der Waals surface area contributed by atoms with Crippen LogP contribution in [0, 0.1) is 11.6 Å². The molecule has 3 saturated carbocycles. The molecule has 0 unspecified atom stereocenters. The molecule has 0 heterocycles. The average Bonchev–Trinajstić information content (AvgIpc) is 2.75. The van der Waals surface area contributed by atoms with Gasteiger partial charge in [0.25, 0.3) is 5.91 Å². The van der Waals surface area contributed by atoms with Crippen LogP contribution in [0.3, 0.4) is 0 Å². The summed E-state index contributed by atoms with van der Waals surface area (Å²) in [6.45, 7) is 1.48. The fourth-order valence-corrected chi connectivity index (χ4v) is 5.20. The van der Waals surface area contributed by atoms with Crippen molar-refractivity contribution in [1.29, 1.82) is 0 Å². The minimum Gasteiger partial charge on any atom is -0.493 e. The molecular formula is C24H26Cl2F2N2O4. The van der Waals surface area contributed by atoms with Gasteiger partial charge >= 0.3 is 0 Å². The highest BCUT2D eigenvalue weighted by Gasteiger charge is 2.70. The van der Waals surface area contributed by atoms with E-state index in [4.69, 9.17) is 32.7 Å². The zero-order valence-electron chi connectivity index (χ0n) is 18.5. The summed E-state index contributed by atoms with van der Waals surface area (Å²) in [5.74, 6) is -0.722. The Hall–Kier alpha value is -2.13. The molecule has 2 N–H and O–H groups in total. The van der Waals surface area contributed by atoms with Crippen LogP contribution in [0.2, 0.25) is 10.0 Å². The van der Waals surface area contributed by atoms with Gasteiger partial charge in [0, 0.05) is 36.3 Å². The molecule has 3 fully saturated rings. The monoisotopic (exact) mass is 514 g/mol. The van der Waals surface area contributed by atoms with Crippen LogP contribution in [-0.4, -0.2) is 59.9 Å². The Kier molecular flexibility index (Phi) is 7.52.